The lowest BCUT2D eigenvalue weighted by Crippen LogP contribution is -2.37. The van der Waals surface area contributed by atoms with E-state index in [1.807, 2.05) is 0 Å². The van der Waals surface area contributed by atoms with Crippen LogP contribution in [0.4, 0.5) is 11.4 Å². The number of anilines is 2. The lowest BCUT2D eigenvalue weighted by atomic mass is 10.2. The third-order valence-electron chi connectivity index (χ3n) is 3.55. The first-order valence-corrected chi connectivity index (χ1v) is 10.2. The molecule has 0 fully saturated rings. The van der Waals surface area contributed by atoms with Crippen molar-refractivity contribution in [3.63, 3.8) is 0 Å². The van der Waals surface area contributed by atoms with Crippen molar-refractivity contribution in [1.82, 2.24) is 0 Å². The van der Waals surface area contributed by atoms with Crippen LogP contribution < -0.4 is 19.1 Å². The van der Waals surface area contributed by atoms with Crippen LogP contribution >= 0.6 is 23.2 Å². The van der Waals surface area contributed by atoms with Gasteiger partial charge in [-0.1, -0.05) is 23.2 Å². The van der Waals surface area contributed by atoms with E-state index in [4.69, 9.17) is 32.7 Å². The zero-order valence-electron chi connectivity index (χ0n) is 14.8. The van der Waals surface area contributed by atoms with Gasteiger partial charge in [-0.25, -0.2) is 8.42 Å². The molecule has 0 unspecified atom stereocenters. The van der Waals surface area contributed by atoms with Gasteiger partial charge in [0.15, 0.2) is 11.5 Å². The van der Waals surface area contributed by atoms with Gasteiger partial charge in [0.25, 0.3) is 0 Å². The lowest BCUT2D eigenvalue weighted by Gasteiger charge is -2.23. The van der Waals surface area contributed by atoms with Crippen molar-refractivity contribution in [2.75, 3.05) is 36.6 Å². The molecule has 0 aromatic heterocycles. The summed E-state index contributed by atoms with van der Waals surface area (Å²) in [5.41, 5.74) is 0.662. The second-order valence-corrected chi connectivity index (χ2v) is 8.21. The normalized spacial score (nSPS) is 11.0. The van der Waals surface area contributed by atoms with E-state index >= 15 is 0 Å². The first kappa shape index (κ1) is 21.1. The van der Waals surface area contributed by atoms with Crippen LogP contribution in [-0.2, 0) is 14.8 Å². The molecule has 2 rings (SSSR count). The summed E-state index contributed by atoms with van der Waals surface area (Å²) in [6.07, 6.45) is 1.01. The predicted molar refractivity (Wildman–Crippen MR) is 107 cm³/mol. The Morgan fingerprint density at radius 3 is 2.26 bits per heavy atom. The maximum atomic E-state index is 12.4. The Morgan fingerprint density at radius 2 is 1.70 bits per heavy atom. The Morgan fingerprint density at radius 1 is 1.04 bits per heavy atom. The molecule has 10 heteroatoms. The fraction of sp³-hybridized carbons (Fsp3) is 0.235. The summed E-state index contributed by atoms with van der Waals surface area (Å²) in [6, 6.07) is 9.13. The van der Waals surface area contributed by atoms with E-state index in [0.717, 1.165) is 10.6 Å². The Bertz CT molecular complexity index is 950. The Labute approximate surface area is 167 Å². The van der Waals surface area contributed by atoms with Gasteiger partial charge in [-0.05, 0) is 30.3 Å². The number of carbonyl (C=O) groups excluding carboxylic acids is 1. The summed E-state index contributed by atoms with van der Waals surface area (Å²) < 4.78 is 35.7. The monoisotopic (exact) mass is 432 g/mol. The first-order chi connectivity index (χ1) is 12.7. The summed E-state index contributed by atoms with van der Waals surface area (Å²) in [7, 11) is -0.833. The van der Waals surface area contributed by atoms with Crippen LogP contribution in [0.5, 0.6) is 11.5 Å². The number of nitrogens with one attached hydrogen (secondary N) is 1. The molecular weight excluding hydrogens is 415 g/mol. The molecule has 146 valence electrons. The maximum absolute atomic E-state index is 12.4. The number of hydrogen-bond donors (Lipinski definition) is 1. The van der Waals surface area contributed by atoms with Crippen LogP contribution in [0.1, 0.15) is 0 Å². The number of nitrogens with zero attached hydrogens (tertiary/aromatic N) is 1. The van der Waals surface area contributed by atoms with Gasteiger partial charge in [0.05, 0.1) is 36.2 Å². The summed E-state index contributed by atoms with van der Waals surface area (Å²) in [5, 5.41) is 3.21. The molecular formula is C17H18Cl2N2O5S. The van der Waals surface area contributed by atoms with Crippen molar-refractivity contribution in [3.8, 4) is 11.5 Å². The van der Waals surface area contributed by atoms with Gasteiger partial charge >= 0.3 is 0 Å². The number of rotatable bonds is 7. The minimum atomic E-state index is -3.74. The standard InChI is InChI=1S/C17H18Cl2N2O5S/c1-25-15-7-5-12(9-16(15)26-2)21(27(3,23)24)10-17(22)20-11-4-6-13(18)14(19)8-11/h4-9H,10H2,1-3H3,(H,20,22). The number of ether oxygens (including phenoxy) is 2. The van der Waals surface area contributed by atoms with Crippen LogP contribution in [0.3, 0.4) is 0 Å². The number of amides is 1. The van der Waals surface area contributed by atoms with E-state index in [9.17, 15) is 13.2 Å². The fourth-order valence-electron chi connectivity index (χ4n) is 2.28. The van der Waals surface area contributed by atoms with Gasteiger partial charge in [0, 0.05) is 11.8 Å². The molecule has 0 atom stereocenters. The van der Waals surface area contributed by atoms with Crippen LogP contribution in [-0.4, -0.2) is 41.3 Å². The van der Waals surface area contributed by atoms with E-state index in [1.165, 1.54) is 38.5 Å². The Balaban J connectivity index is 2.27. The van der Waals surface area contributed by atoms with Gasteiger partial charge in [-0.15, -0.1) is 0 Å². The van der Waals surface area contributed by atoms with E-state index in [0.29, 0.717) is 22.2 Å². The molecule has 0 saturated heterocycles. The number of methoxy groups -OCH3 is 2. The van der Waals surface area contributed by atoms with E-state index in [-0.39, 0.29) is 10.7 Å². The van der Waals surface area contributed by atoms with Crippen molar-refractivity contribution in [2.24, 2.45) is 0 Å². The largest absolute Gasteiger partial charge is 0.493 e. The zero-order chi connectivity index (χ0) is 20.2. The van der Waals surface area contributed by atoms with Crippen molar-refractivity contribution in [1.29, 1.82) is 0 Å². The minimum Gasteiger partial charge on any atom is -0.493 e. The molecule has 0 aliphatic carbocycles. The molecule has 1 amide bonds. The highest BCUT2D eigenvalue weighted by Gasteiger charge is 2.22. The molecule has 0 aliphatic heterocycles. The van der Waals surface area contributed by atoms with Crippen LogP contribution in [0.15, 0.2) is 36.4 Å². The van der Waals surface area contributed by atoms with Crippen molar-refractivity contribution in [2.45, 2.75) is 0 Å². The highest BCUT2D eigenvalue weighted by molar-refractivity contribution is 7.92. The highest BCUT2D eigenvalue weighted by Crippen LogP contribution is 2.32. The summed E-state index contributed by atoms with van der Waals surface area (Å²) in [6.45, 7) is -0.436. The SMILES string of the molecule is COc1ccc(N(CC(=O)Nc2ccc(Cl)c(Cl)c2)S(C)(=O)=O)cc1OC. The molecule has 0 bridgehead atoms. The Kier molecular flexibility index (Phi) is 6.80. The van der Waals surface area contributed by atoms with Crippen LogP contribution in [0.25, 0.3) is 0 Å². The molecule has 2 aromatic carbocycles. The molecule has 27 heavy (non-hydrogen) atoms. The molecule has 0 heterocycles. The number of carbonyl (C=O) groups is 1. The van der Waals surface area contributed by atoms with Gasteiger partial charge in [0.2, 0.25) is 15.9 Å². The number of benzene rings is 2. The van der Waals surface area contributed by atoms with Crippen molar-refractivity contribution >= 4 is 50.5 Å². The second kappa shape index (κ2) is 8.69. The van der Waals surface area contributed by atoms with Gasteiger partial charge in [-0.3, -0.25) is 9.10 Å². The number of halogens is 2. The second-order valence-electron chi connectivity index (χ2n) is 5.49. The minimum absolute atomic E-state index is 0.263. The van der Waals surface area contributed by atoms with E-state index in [2.05, 4.69) is 5.32 Å². The molecule has 0 radical (unpaired) electrons. The molecule has 1 N–H and O–H groups in total. The van der Waals surface area contributed by atoms with Crippen LogP contribution in [0.2, 0.25) is 10.0 Å². The fourth-order valence-corrected chi connectivity index (χ4v) is 3.43. The average Bonchev–Trinajstić information content (AvgIpc) is 2.61. The van der Waals surface area contributed by atoms with Crippen molar-refractivity contribution < 1.29 is 22.7 Å². The van der Waals surface area contributed by atoms with Gasteiger partial charge < -0.3 is 14.8 Å². The first-order valence-electron chi connectivity index (χ1n) is 7.60. The summed E-state index contributed by atoms with van der Waals surface area (Å²) in [4.78, 5) is 12.4. The van der Waals surface area contributed by atoms with E-state index < -0.39 is 22.5 Å². The number of sulfonamides is 1. The molecule has 7 nitrogen and oxygen atoms in total. The zero-order valence-corrected chi connectivity index (χ0v) is 17.2. The molecule has 0 spiro atoms. The topological polar surface area (TPSA) is 84.9 Å². The quantitative estimate of drug-likeness (QED) is 0.724. The number of hydrogen-bond acceptors (Lipinski definition) is 5. The summed E-state index contributed by atoms with van der Waals surface area (Å²) >= 11 is 11.8. The Hall–Kier alpha value is -2.16. The van der Waals surface area contributed by atoms with E-state index in [1.54, 1.807) is 12.1 Å². The average molecular weight is 433 g/mol. The van der Waals surface area contributed by atoms with Gasteiger partial charge in [-0.2, -0.15) is 0 Å². The third-order valence-corrected chi connectivity index (χ3v) is 5.43. The molecule has 0 aliphatic rings. The van der Waals surface area contributed by atoms with Crippen molar-refractivity contribution in [3.05, 3.63) is 46.4 Å². The third kappa shape index (κ3) is 5.41. The predicted octanol–water partition coefficient (Wildman–Crippen LogP) is 3.42. The molecule has 0 saturated carbocycles. The molecule has 2 aromatic rings. The highest BCUT2D eigenvalue weighted by atomic mass is 35.5. The smallest absolute Gasteiger partial charge is 0.245 e. The maximum Gasteiger partial charge on any atom is 0.245 e. The van der Waals surface area contributed by atoms with Gasteiger partial charge in [0.1, 0.15) is 6.54 Å². The van der Waals surface area contributed by atoms with Crippen LogP contribution in [0, 0.1) is 0 Å². The lowest BCUT2D eigenvalue weighted by molar-refractivity contribution is -0.114. The summed E-state index contributed by atoms with van der Waals surface area (Å²) in [5.74, 6) is 0.233.